The summed E-state index contributed by atoms with van der Waals surface area (Å²) in [5, 5.41) is 3.56. The third kappa shape index (κ3) is 3.61. The highest BCUT2D eigenvalue weighted by molar-refractivity contribution is 5.67. The molecule has 2 fully saturated rings. The fraction of sp³-hybridized carbons (Fsp3) is 0.929. The Labute approximate surface area is 110 Å². The van der Waals surface area contributed by atoms with Crippen molar-refractivity contribution in [1.82, 2.24) is 10.2 Å². The summed E-state index contributed by atoms with van der Waals surface area (Å²) in [6.45, 7) is 7.53. The van der Waals surface area contributed by atoms with Gasteiger partial charge in [-0.3, -0.25) is 0 Å². The van der Waals surface area contributed by atoms with Crippen molar-refractivity contribution in [3.05, 3.63) is 0 Å². The predicted octanol–water partition coefficient (Wildman–Crippen LogP) is 2.24. The van der Waals surface area contributed by atoms with Crippen LogP contribution in [-0.4, -0.2) is 43.3 Å². The molecule has 0 aromatic heterocycles. The van der Waals surface area contributed by atoms with Crippen molar-refractivity contribution in [2.45, 2.75) is 45.6 Å². The third-order valence-corrected chi connectivity index (χ3v) is 3.92. The Morgan fingerprint density at radius 1 is 1.39 bits per heavy atom. The molecule has 1 amide bonds. The number of amides is 1. The number of rotatable bonds is 3. The van der Waals surface area contributed by atoms with Crippen molar-refractivity contribution >= 4 is 6.09 Å². The molecule has 0 bridgehead atoms. The van der Waals surface area contributed by atoms with E-state index in [2.05, 4.69) is 19.2 Å². The molecular formula is C14H26N2O2. The summed E-state index contributed by atoms with van der Waals surface area (Å²) in [7, 11) is 0. The predicted molar refractivity (Wildman–Crippen MR) is 71.5 cm³/mol. The lowest BCUT2D eigenvalue weighted by Crippen LogP contribution is -2.46. The van der Waals surface area contributed by atoms with E-state index >= 15 is 0 Å². The molecule has 0 aromatic carbocycles. The maximum Gasteiger partial charge on any atom is 0.409 e. The smallest absolute Gasteiger partial charge is 0.409 e. The summed E-state index contributed by atoms with van der Waals surface area (Å²) < 4.78 is 5.32. The Morgan fingerprint density at radius 2 is 2.22 bits per heavy atom. The van der Waals surface area contributed by atoms with Crippen LogP contribution >= 0.6 is 0 Å². The molecule has 4 heteroatoms. The Morgan fingerprint density at radius 3 is 2.89 bits per heavy atom. The van der Waals surface area contributed by atoms with Gasteiger partial charge in [-0.05, 0) is 44.1 Å². The van der Waals surface area contributed by atoms with Gasteiger partial charge in [-0.25, -0.2) is 4.79 Å². The first-order chi connectivity index (χ1) is 8.66. The number of nitrogens with one attached hydrogen (secondary N) is 1. The Balaban J connectivity index is 1.80. The Bertz CT molecular complexity index is 275. The van der Waals surface area contributed by atoms with E-state index in [1.54, 1.807) is 0 Å². The lowest BCUT2D eigenvalue weighted by molar-refractivity contribution is 0.0718. The first kappa shape index (κ1) is 13.7. The topological polar surface area (TPSA) is 41.6 Å². The van der Waals surface area contributed by atoms with Crippen molar-refractivity contribution in [3.8, 4) is 0 Å². The number of piperidine rings is 1. The maximum absolute atomic E-state index is 11.9. The zero-order valence-electron chi connectivity index (χ0n) is 11.7. The first-order valence-corrected chi connectivity index (χ1v) is 7.32. The molecule has 2 aliphatic rings. The normalized spacial score (nSPS) is 28.7. The lowest BCUT2D eigenvalue weighted by Gasteiger charge is -2.35. The van der Waals surface area contributed by atoms with E-state index in [9.17, 15) is 4.79 Å². The van der Waals surface area contributed by atoms with E-state index in [1.165, 1.54) is 19.3 Å². The molecule has 2 unspecified atom stereocenters. The van der Waals surface area contributed by atoms with Crippen molar-refractivity contribution in [3.63, 3.8) is 0 Å². The van der Waals surface area contributed by atoms with Crippen molar-refractivity contribution in [1.29, 1.82) is 0 Å². The molecule has 0 aromatic rings. The summed E-state index contributed by atoms with van der Waals surface area (Å²) >= 11 is 0. The summed E-state index contributed by atoms with van der Waals surface area (Å²) in [5.74, 6) is 1.03. The van der Waals surface area contributed by atoms with Crippen LogP contribution in [-0.2, 0) is 4.74 Å². The highest BCUT2D eigenvalue weighted by Crippen LogP contribution is 2.25. The molecule has 104 valence electrons. The highest BCUT2D eigenvalue weighted by Gasteiger charge is 2.31. The van der Waals surface area contributed by atoms with Crippen LogP contribution in [0.15, 0.2) is 0 Å². The molecule has 4 nitrogen and oxygen atoms in total. The second kappa shape index (κ2) is 6.41. The average Bonchev–Trinajstić information content (AvgIpc) is 2.90. The summed E-state index contributed by atoms with van der Waals surface area (Å²) in [4.78, 5) is 13.8. The molecule has 0 radical (unpaired) electrons. The van der Waals surface area contributed by atoms with E-state index < -0.39 is 0 Å². The van der Waals surface area contributed by atoms with Crippen LogP contribution in [0.4, 0.5) is 4.79 Å². The molecule has 0 spiro atoms. The van der Waals surface area contributed by atoms with Gasteiger partial charge in [0.15, 0.2) is 0 Å². The highest BCUT2D eigenvalue weighted by atomic mass is 16.6. The largest absolute Gasteiger partial charge is 0.449 e. The van der Waals surface area contributed by atoms with Crippen molar-refractivity contribution in [2.24, 2.45) is 11.8 Å². The van der Waals surface area contributed by atoms with Crippen LogP contribution in [0, 0.1) is 11.8 Å². The monoisotopic (exact) mass is 254 g/mol. The van der Waals surface area contributed by atoms with Crippen LogP contribution < -0.4 is 5.32 Å². The van der Waals surface area contributed by atoms with Crippen LogP contribution in [0.25, 0.3) is 0 Å². The summed E-state index contributed by atoms with van der Waals surface area (Å²) in [6, 6.07) is 0.616. The molecule has 0 aliphatic carbocycles. The van der Waals surface area contributed by atoms with Gasteiger partial charge in [0.05, 0.1) is 6.61 Å². The van der Waals surface area contributed by atoms with Gasteiger partial charge >= 0.3 is 6.09 Å². The molecular weight excluding hydrogens is 228 g/mol. The van der Waals surface area contributed by atoms with E-state index in [0.717, 1.165) is 26.1 Å². The van der Waals surface area contributed by atoms with Gasteiger partial charge in [0.25, 0.3) is 0 Å². The molecule has 2 aliphatic heterocycles. The standard InChI is InChI=1S/C14H26N2O2/c1-11(2)10-18-14(17)16-8-4-5-12(9-16)13-6-3-7-15-13/h11-13,15H,3-10H2,1-2H3. The second-order valence-corrected chi connectivity index (χ2v) is 6.02. The van der Waals surface area contributed by atoms with Crippen molar-refractivity contribution < 1.29 is 9.53 Å². The average molecular weight is 254 g/mol. The van der Waals surface area contributed by atoms with E-state index in [-0.39, 0.29) is 6.09 Å². The summed E-state index contributed by atoms with van der Waals surface area (Å²) in [5.41, 5.74) is 0. The van der Waals surface area contributed by atoms with Gasteiger partial charge in [0.2, 0.25) is 0 Å². The number of carbonyl (C=O) groups excluding carboxylic acids is 1. The molecule has 2 atom stereocenters. The molecule has 2 saturated heterocycles. The number of hydrogen-bond donors (Lipinski definition) is 1. The fourth-order valence-electron chi connectivity index (χ4n) is 2.95. The zero-order valence-corrected chi connectivity index (χ0v) is 11.7. The molecule has 0 saturated carbocycles. The van der Waals surface area contributed by atoms with Gasteiger partial charge in [-0.1, -0.05) is 13.8 Å². The summed E-state index contributed by atoms with van der Waals surface area (Å²) in [6.07, 6.45) is 4.77. The SMILES string of the molecule is CC(C)COC(=O)N1CCCC(C2CCCN2)C1. The van der Waals surface area contributed by atoms with Crippen LogP contribution in [0.1, 0.15) is 39.5 Å². The van der Waals surface area contributed by atoms with Gasteiger partial charge < -0.3 is 15.0 Å². The van der Waals surface area contributed by atoms with Crippen LogP contribution in [0.5, 0.6) is 0 Å². The van der Waals surface area contributed by atoms with Gasteiger partial charge in [0, 0.05) is 19.1 Å². The Kier molecular flexibility index (Phi) is 4.87. The van der Waals surface area contributed by atoms with Gasteiger partial charge in [-0.15, -0.1) is 0 Å². The molecule has 2 heterocycles. The number of hydrogen-bond acceptors (Lipinski definition) is 3. The zero-order chi connectivity index (χ0) is 13.0. The van der Waals surface area contributed by atoms with Gasteiger partial charge in [-0.2, -0.15) is 0 Å². The Hall–Kier alpha value is -0.770. The molecule has 2 rings (SSSR count). The number of nitrogens with zero attached hydrogens (tertiary/aromatic N) is 1. The van der Waals surface area contributed by atoms with Crippen LogP contribution in [0.3, 0.4) is 0 Å². The minimum absolute atomic E-state index is 0.119. The number of carbonyl (C=O) groups is 1. The minimum Gasteiger partial charge on any atom is -0.449 e. The lowest BCUT2D eigenvalue weighted by atomic mass is 9.90. The first-order valence-electron chi connectivity index (χ1n) is 7.32. The van der Waals surface area contributed by atoms with E-state index in [1.807, 2.05) is 4.90 Å². The van der Waals surface area contributed by atoms with E-state index in [4.69, 9.17) is 4.74 Å². The maximum atomic E-state index is 11.9. The van der Waals surface area contributed by atoms with Gasteiger partial charge in [0.1, 0.15) is 0 Å². The van der Waals surface area contributed by atoms with E-state index in [0.29, 0.717) is 24.5 Å². The molecule has 18 heavy (non-hydrogen) atoms. The second-order valence-electron chi connectivity index (χ2n) is 6.02. The number of likely N-dealkylation sites (tertiary alicyclic amines) is 1. The van der Waals surface area contributed by atoms with Crippen molar-refractivity contribution in [2.75, 3.05) is 26.2 Å². The quantitative estimate of drug-likeness (QED) is 0.840. The molecule has 1 N–H and O–H groups in total. The fourth-order valence-corrected chi connectivity index (χ4v) is 2.95. The third-order valence-electron chi connectivity index (χ3n) is 3.92. The minimum atomic E-state index is -0.119. The van der Waals surface area contributed by atoms with Crippen LogP contribution in [0.2, 0.25) is 0 Å². The number of ether oxygens (including phenoxy) is 1.